The van der Waals surface area contributed by atoms with E-state index in [-0.39, 0.29) is 21.4 Å². The van der Waals surface area contributed by atoms with Gasteiger partial charge in [-0.1, -0.05) is 48.7 Å². The first-order chi connectivity index (χ1) is 12.8. The number of halogens is 2. The van der Waals surface area contributed by atoms with Gasteiger partial charge in [-0.3, -0.25) is 9.10 Å². The Morgan fingerprint density at radius 1 is 1.22 bits per heavy atom. The molecule has 0 aliphatic carbocycles. The van der Waals surface area contributed by atoms with Gasteiger partial charge in [0.1, 0.15) is 0 Å². The van der Waals surface area contributed by atoms with Crippen LogP contribution in [0.1, 0.15) is 35.7 Å². The number of carbonyl (C=O) groups excluding carboxylic acids is 1. The topological polar surface area (TPSA) is 66.5 Å². The van der Waals surface area contributed by atoms with Gasteiger partial charge >= 0.3 is 0 Å². The Morgan fingerprint density at radius 2 is 2.00 bits per heavy atom. The van der Waals surface area contributed by atoms with Crippen molar-refractivity contribution in [3.63, 3.8) is 0 Å². The summed E-state index contributed by atoms with van der Waals surface area (Å²) >= 11 is 12.4. The van der Waals surface area contributed by atoms with E-state index in [1.54, 1.807) is 6.07 Å². The Morgan fingerprint density at radius 3 is 2.67 bits per heavy atom. The van der Waals surface area contributed by atoms with Crippen molar-refractivity contribution < 1.29 is 13.2 Å². The van der Waals surface area contributed by atoms with E-state index >= 15 is 0 Å². The second-order valence-corrected chi connectivity index (χ2v) is 9.23. The van der Waals surface area contributed by atoms with Crippen molar-refractivity contribution in [3.8, 4) is 0 Å². The molecule has 0 aromatic heterocycles. The van der Waals surface area contributed by atoms with Crippen LogP contribution in [0.2, 0.25) is 10.0 Å². The van der Waals surface area contributed by atoms with Gasteiger partial charge < -0.3 is 5.32 Å². The number of hydrogen-bond acceptors (Lipinski definition) is 3. The van der Waals surface area contributed by atoms with Gasteiger partial charge in [0.25, 0.3) is 5.91 Å². The second kappa shape index (κ2) is 8.09. The van der Waals surface area contributed by atoms with Crippen LogP contribution in [-0.4, -0.2) is 26.6 Å². The van der Waals surface area contributed by atoms with Crippen molar-refractivity contribution in [2.24, 2.45) is 0 Å². The molecule has 1 aliphatic heterocycles. The molecule has 1 aliphatic rings. The summed E-state index contributed by atoms with van der Waals surface area (Å²) in [5.74, 6) is -0.354. The summed E-state index contributed by atoms with van der Waals surface area (Å²) in [6.07, 6.45) is 2.46. The molecule has 2 aromatic rings. The molecule has 5 nitrogen and oxygen atoms in total. The fourth-order valence-corrected chi connectivity index (χ4v) is 5.06. The molecule has 144 valence electrons. The number of anilines is 2. The molecular formula is C19H20Cl2N2O3S. The van der Waals surface area contributed by atoms with E-state index in [1.807, 2.05) is 18.2 Å². The van der Waals surface area contributed by atoms with Crippen molar-refractivity contribution in [1.29, 1.82) is 0 Å². The molecule has 27 heavy (non-hydrogen) atoms. The Labute approximate surface area is 169 Å². The first kappa shape index (κ1) is 20.0. The SMILES string of the molecule is CCCc1cccc(NC(=O)c2cc(N3CCCS3(=O)=O)cc(Cl)c2Cl)c1. The molecule has 1 saturated heterocycles. The Balaban J connectivity index is 1.91. The summed E-state index contributed by atoms with van der Waals surface area (Å²) in [6, 6.07) is 10.5. The smallest absolute Gasteiger partial charge is 0.257 e. The summed E-state index contributed by atoms with van der Waals surface area (Å²) < 4.78 is 25.6. The van der Waals surface area contributed by atoms with E-state index < -0.39 is 15.9 Å². The molecule has 0 spiro atoms. The molecule has 8 heteroatoms. The Kier molecular flexibility index (Phi) is 5.99. The van der Waals surface area contributed by atoms with Gasteiger partial charge in [-0.05, 0) is 42.7 Å². The van der Waals surface area contributed by atoms with Gasteiger partial charge in [0, 0.05) is 12.2 Å². The first-order valence-corrected chi connectivity index (χ1v) is 11.1. The molecule has 3 rings (SSSR count). The Bertz CT molecular complexity index is 977. The summed E-state index contributed by atoms with van der Waals surface area (Å²) in [5.41, 5.74) is 2.27. The number of amides is 1. The van der Waals surface area contributed by atoms with Gasteiger partial charge in [-0.15, -0.1) is 0 Å². The maximum atomic E-state index is 12.8. The van der Waals surface area contributed by atoms with Crippen LogP contribution < -0.4 is 9.62 Å². The van der Waals surface area contributed by atoms with Crippen LogP contribution in [0.15, 0.2) is 36.4 Å². The van der Waals surface area contributed by atoms with Crippen LogP contribution in [0, 0.1) is 0 Å². The standard InChI is InChI=1S/C19H20Cl2N2O3S/c1-2-5-13-6-3-7-14(10-13)22-19(24)16-11-15(12-17(20)18(16)21)23-8-4-9-27(23,25)26/h3,6-7,10-12H,2,4-5,8-9H2,1H3,(H,22,24). The zero-order chi connectivity index (χ0) is 19.6. The van der Waals surface area contributed by atoms with Crippen LogP contribution in [0.3, 0.4) is 0 Å². The highest BCUT2D eigenvalue weighted by Gasteiger charge is 2.30. The molecule has 2 aromatic carbocycles. The van der Waals surface area contributed by atoms with E-state index in [9.17, 15) is 13.2 Å². The van der Waals surface area contributed by atoms with E-state index in [0.717, 1.165) is 18.4 Å². The molecule has 1 fully saturated rings. The average Bonchev–Trinajstić information content (AvgIpc) is 2.97. The predicted molar refractivity (Wildman–Crippen MR) is 111 cm³/mol. The van der Waals surface area contributed by atoms with Crippen LogP contribution >= 0.6 is 23.2 Å². The number of nitrogens with zero attached hydrogens (tertiary/aromatic N) is 1. The molecule has 0 atom stereocenters. The highest BCUT2D eigenvalue weighted by Crippen LogP contribution is 2.34. The van der Waals surface area contributed by atoms with E-state index in [1.165, 1.54) is 16.4 Å². The lowest BCUT2D eigenvalue weighted by atomic mass is 10.1. The van der Waals surface area contributed by atoms with Gasteiger partial charge in [-0.2, -0.15) is 0 Å². The van der Waals surface area contributed by atoms with Crippen molar-refractivity contribution in [3.05, 3.63) is 57.6 Å². The fourth-order valence-electron chi connectivity index (χ4n) is 3.11. The monoisotopic (exact) mass is 426 g/mol. The number of carbonyl (C=O) groups is 1. The third-order valence-corrected chi connectivity index (χ3v) is 7.04. The third kappa shape index (κ3) is 4.39. The lowest BCUT2D eigenvalue weighted by Gasteiger charge is -2.19. The zero-order valence-corrected chi connectivity index (χ0v) is 17.2. The normalized spacial score (nSPS) is 15.7. The zero-order valence-electron chi connectivity index (χ0n) is 14.8. The van der Waals surface area contributed by atoms with Crippen molar-refractivity contribution in [2.45, 2.75) is 26.2 Å². The number of sulfonamides is 1. The molecule has 1 heterocycles. The van der Waals surface area contributed by atoms with Crippen LogP contribution in [0.25, 0.3) is 0 Å². The van der Waals surface area contributed by atoms with Crippen molar-refractivity contribution in [2.75, 3.05) is 21.9 Å². The van der Waals surface area contributed by atoms with Gasteiger partial charge in [0.2, 0.25) is 10.0 Å². The summed E-state index contributed by atoms with van der Waals surface area (Å²) in [6.45, 7) is 2.45. The van der Waals surface area contributed by atoms with Crippen molar-refractivity contribution >= 4 is 50.5 Å². The van der Waals surface area contributed by atoms with Crippen molar-refractivity contribution in [1.82, 2.24) is 0 Å². The van der Waals surface area contributed by atoms with E-state index in [2.05, 4.69) is 12.2 Å². The molecule has 1 N–H and O–H groups in total. The minimum absolute atomic E-state index is 0.0823. The lowest BCUT2D eigenvalue weighted by Crippen LogP contribution is -2.25. The van der Waals surface area contributed by atoms with Crippen LogP contribution in [0.4, 0.5) is 11.4 Å². The quantitative estimate of drug-likeness (QED) is 0.750. The highest BCUT2D eigenvalue weighted by atomic mass is 35.5. The maximum absolute atomic E-state index is 12.8. The third-order valence-electron chi connectivity index (χ3n) is 4.37. The number of nitrogens with one attached hydrogen (secondary N) is 1. The maximum Gasteiger partial charge on any atom is 0.257 e. The fraction of sp³-hybridized carbons (Fsp3) is 0.316. The Hall–Kier alpha value is -1.76. The largest absolute Gasteiger partial charge is 0.322 e. The van der Waals surface area contributed by atoms with Crippen LogP contribution in [-0.2, 0) is 16.4 Å². The van der Waals surface area contributed by atoms with Gasteiger partial charge in [-0.25, -0.2) is 8.42 Å². The van der Waals surface area contributed by atoms with E-state index in [0.29, 0.717) is 24.3 Å². The summed E-state index contributed by atoms with van der Waals surface area (Å²) in [4.78, 5) is 12.8. The van der Waals surface area contributed by atoms with E-state index in [4.69, 9.17) is 23.2 Å². The van der Waals surface area contributed by atoms with Gasteiger partial charge in [0.05, 0.1) is 27.0 Å². The second-order valence-electron chi connectivity index (χ2n) is 6.44. The minimum Gasteiger partial charge on any atom is -0.322 e. The molecule has 0 bridgehead atoms. The van der Waals surface area contributed by atoms with Gasteiger partial charge in [0.15, 0.2) is 0 Å². The number of rotatable bonds is 5. The van der Waals surface area contributed by atoms with Crippen LogP contribution in [0.5, 0.6) is 0 Å². The molecule has 1 amide bonds. The average molecular weight is 427 g/mol. The molecule has 0 radical (unpaired) electrons. The highest BCUT2D eigenvalue weighted by molar-refractivity contribution is 7.93. The predicted octanol–water partition coefficient (Wildman–Crippen LogP) is 4.74. The number of hydrogen-bond donors (Lipinski definition) is 1. The first-order valence-electron chi connectivity index (χ1n) is 8.71. The molecular weight excluding hydrogens is 407 g/mol. The summed E-state index contributed by atoms with van der Waals surface area (Å²) in [5, 5.41) is 3.05. The number of benzene rings is 2. The summed E-state index contributed by atoms with van der Waals surface area (Å²) in [7, 11) is -3.38. The molecule has 0 unspecified atom stereocenters. The number of aryl methyl sites for hydroxylation is 1. The minimum atomic E-state index is -3.38. The molecule has 0 saturated carbocycles. The lowest BCUT2D eigenvalue weighted by molar-refractivity contribution is 0.102.